The summed E-state index contributed by atoms with van der Waals surface area (Å²) in [6.07, 6.45) is 2.62. The average molecular weight is 484 g/mol. The number of sulfonamides is 1. The summed E-state index contributed by atoms with van der Waals surface area (Å²) < 4.78 is 34.3. The van der Waals surface area contributed by atoms with Crippen LogP contribution in [0.2, 0.25) is 0 Å². The fourth-order valence-electron chi connectivity index (χ4n) is 3.66. The fourth-order valence-corrected chi connectivity index (χ4v) is 4.82. The Bertz CT molecular complexity index is 1240. The van der Waals surface area contributed by atoms with Crippen LogP contribution in [0.4, 0.5) is 5.95 Å². The summed E-state index contributed by atoms with van der Waals surface area (Å²) in [5.41, 5.74) is 2.77. The first kappa shape index (κ1) is 23.8. The Balaban J connectivity index is 1.41. The molecular formula is C23H25N5O5S. The highest BCUT2D eigenvalue weighted by Crippen LogP contribution is 2.23. The van der Waals surface area contributed by atoms with E-state index >= 15 is 0 Å². The number of hydroxylamine groups is 1. The van der Waals surface area contributed by atoms with Crippen LogP contribution in [-0.4, -0.2) is 61.3 Å². The lowest BCUT2D eigenvalue weighted by Gasteiger charge is -2.40. The maximum Gasteiger partial charge on any atom is 0.277 e. The van der Waals surface area contributed by atoms with Crippen LogP contribution in [0.1, 0.15) is 17.3 Å². The molecule has 1 aromatic heterocycles. The van der Waals surface area contributed by atoms with Crippen molar-refractivity contribution in [3.05, 3.63) is 72.6 Å². The SMILES string of the molecule is CC1(CNS(=O)(=O)c2ccc(-c3ccccc3)cc2)CN(c2ncc(C(=O)NO)cn2)CCO1. The third-order valence-corrected chi connectivity index (χ3v) is 6.95. The van der Waals surface area contributed by atoms with Crippen molar-refractivity contribution in [1.82, 2.24) is 20.2 Å². The Kier molecular flexibility index (Phi) is 6.89. The molecule has 10 nitrogen and oxygen atoms in total. The van der Waals surface area contributed by atoms with E-state index in [0.717, 1.165) is 11.1 Å². The summed E-state index contributed by atoms with van der Waals surface area (Å²) in [5.74, 6) is -0.326. The maximum atomic E-state index is 12.9. The van der Waals surface area contributed by atoms with Gasteiger partial charge >= 0.3 is 0 Å². The number of morpholine rings is 1. The molecule has 1 atom stereocenters. The molecule has 0 aliphatic carbocycles. The van der Waals surface area contributed by atoms with E-state index in [0.29, 0.717) is 25.6 Å². The molecule has 1 fully saturated rings. The number of benzene rings is 2. The number of carbonyl (C=O) groups excluding carboxylic acids is 1. The topological polar surface area (TPSA) is 134 Å². The molecule has 0 saturated carbocycles. The molecule has 0 spiro atoms. The summed E-state index contributed by atoms with van der Waals surface area (Å²) in [6.45, 7) is 3.07. The second-order valence-electron chi connectivity index (χ2n) is 8.15. The van der Waals surface area contributed by atoms with Gasteiger partial charge < -0.3 is 9.64 Å². The third-order valence-electron chi connectivity index (χ3n) is 5.53. The van der Waals surface area contributed by atoms with E-state index in [1.807, 2.05) is 42.2 Å². The number of hydrogen-bond acceptors (Lipinski definition) is 8. The van der Waals surface area contributed by atoms with Gasteiger partial charge in [0.2, 0.25) is 16.0 Å². The number of nitrogens with one attached hydrogen (secondary N) is 2. The first-order chi connectivity index (χ1) is 16.3. The van der Waals surface area contributed by atoms with Gasteiger partial charge in [-0.1, -0.05) is 42.5 Å². The minimum atomic E-state index is -3.74. The number of aromatic nitrogens is 2. The predicted molar refractivity (Wildman–Crippen MR) is 125 cm³/mol. The first-order valence-corrected chi connectivity index (χ1v) is 12.1. The standard InChI is InChI=1S/C23H25N5O5S/c1-23(16-28(11-12-33-23)22-24-13-19(14-25-22)21(29)27-30)15-26-34(31,32)20-9-7-18(8-10-20)17-5-3-2-4-6-17/h2-10,13-14,26,30H,11-12,15-16H2,1H3,(H,27,29). The number of amides is 1. The molecule has 2 heterocycles. The summed E-state index contributed by atoms with van der Waals surface area (Å²) in [4.78, 5) is 21.8. The molecule has 178 valence electrons. The van der Waals surface area contributed by atoms with E-state index in [1.165, 1.54) is 17.9 Å². The lowest BCUT2D eigenvalue weighted by atomic mass is 10.1. The molecule has 0 bridgehead atoms. The summed E-state index contributed by atoms with van der Waals surface area (Å²) in [6, 6.07) is 16.4. The van der Waals surface area contributed by atoms with Crippen LogP contribution < -0.4 is 15.1 Å². The minimum absolute atomic E-state index is 0.0528. The van der Waals surface area contributed by atoms with Crippen LogP contribution >= 0.6 is 0 Å². The van der Waals surface area contributed by atoms with Gasteiger partial charge in [-0.15, -0.1) is 0 Å². The van der Waals surface area contributed by atoms with Crippen LogP contribution in [0.25, 0.3) is 11.1 Å². The molecule has 3 aromatic rings. The first-order valence-electron chi connectivity index (χ1n) is 10.6. The van der Waals surface area contributed by atoms with Crippen LogP contribution in [0.15, 0.2) is 71.9 Å². The Morgan fingerprint density at radius 1 is 1.09 bits per heavy atom. The summed E-state index contributed by atoms with van der Waals surface area (Å²) in [5, 5.41) is 8.71. The Morgan fingerprint density at radius 3 is 2.38 bits per heavy atom. The van der Waals surface area contributed by atoms with Crippen LogP contribution in [0.5, 0.6) is 0 Å². The zero-order chi connectivity index (χ0) is 24.2. The molecule has 11 heteroatoms. The van der Waals surface area contributed by atoms with E-state index in [-0.39, 0.29) is 17.0 Å². The molecule has 1 aliphatic rings. The smallest absolute Gasteiger partial charge is 0.277 e. The van der Waals surface area contributed by atoms with E-state index in [2.05, 4.69) is 14.7 Å². The predicted octanol–water partition coefficient (Wildman–Crippen LogP) is 1.84. The molecule has 0 radical (unpaired) electrons. The fraction of sp³-hybridized carbons (Fsp3) is 0.261. The van der Waals surface area contributed by atoms with Crippen molar-refractivity contribution in [1.29, 1.82) is 0 Å². The van der Waals surface area contributed by atoms with Gasteiger partial charge in [0.25, 0.3) is 5.91 Å². The quantitative estimate of drug-likeness (QED) is 0.342. The molecule has 3 N–H and O–H groups in total. The molecule has 34 heavy (non-hydrogen) atoms. The van der Waals surface area contributed by atoms with Crippen molar-refractivity contribution in [3.8, 4) is 11.1 Å². The van der Waals surface area contributed by atoms with E-state index in [4.69, 9.17) is 9.94 Å². The number of rotatable bonds is 7. The molecule has 1 saturated heterocycles. The van der Waals surface area contributed by atoms with Crippen molar-refractivity contribution in [2.24, 2.45) is 0 Å². The van der Waals surface area contributed by atoms with Gasteiger partial charge in [-0.2, -0.15) is 0 Å². The number of anilines is 1. The van der Waals surface area contributed by atoms with Crippen molar-refractivity contribution >= 4 is 21.9 Å². The Labute approximate surface area is 197 Å². The molecule has 1 unspecified atom stereocenters. The normalized spacial score (nSPS) is 18.5. The van der Waals surface area contributed by atoms with Gasteiger partial charge in [0.1, 0.15) is 0 Å². The summed E-state index contributed by atoms with van der Waals surface area (Å²) in [7, 11) is -3.74. The third kappa shape index (κ3) is 5.39. The Morgan fingerprint density at radius 2 is 1.74 bits per heavy atom. The van der Waals surface area contributed by atoms with Gasteiger partial charge in [0.15, 0.2) is 0 Å². The van der Waals surface area contributed by atoms with Crippen molar-refractivity contribution in [3.63, 3.8) is 0 Å². The number of hydrogen-bond donors (Lipinski definition) is 3. The molecule has 4 rings (SSSR count). The average Bonchev–Trinajstić information content (AvgIpc) is 2.88. The van der Waals surface area contributed by atoms with E-state index < -0.39 is 21.5 Å². The van der Waals surface area contributed by atoms with Crippen LogP contribution in [0.3, 0.4) is 0 Å². The van der Waals surface area contributed by atoms with Crippen molar-refractivity contribution in [2.45, 2.75) is 17.4 Å². The zero-order valence-corrected chi connectivity index (χ0v) is 19.3. The molecule has 2 aromatic carbocycles. The lowest BCUT2D eigenvalue weighted by Crippen LogP contribution is -2.56. The number of ether oxygens (including phenoxy) is 1. The van der Waals surface area contributed by atoms with Gasteiger partial charge in [0.05, 0.1) is 29.2 Å². The van der Waals surface area contributed by atoms with Crippen LogP contribution in [0, 0.1) is 0 Å². The zero-order valence-electron chi connectivity index (χ0n) is 18.5. The maximum absolute atomic E-state index is 12.9. The highest BCUT2D eigenvalue weighted by Gasteiger charge is 2.34. The highest BCUT2D eigenvalue weighted by atomic mass is 32.2. The van der Waals surface area contributed by atoms with Crippen molar-refractivity contribution in [2.75, 3.05) is 31.1 Å². The largest absolute Gasteiger partial charge is 0.370 e. The summed E-state index contributed by atoms with van der Waals surface area (Å²) >= 11 is 0. The Hall–Kier alpha value is -3.38. The van der Waals surface area contributed by atoms with Crippen molar-refractivity contribution < 1.29 is 23.2 Å². The number of carbonyl (C=O) groups is 1. The molecular weight excluding hydrogens is 458 g/mol. The van der Waals surface area contributed by atoms with Gasteiger partial charge in [0, 0.05) is 25.5 Å². The second-order valence-corrected chi connectivity index (χ2v) is 9.91. The van der Waals surface area contributed by atoms with Crippen LogP contribution in [-0.2, 0) is 14.8 Å². The molecule has 1 amide bonds. The van der Waals surface area contributed by atoms with Gasteiger partial charge in [-0.25, -0.2) is 28.6 Å². The van der Waals surface area contributed by atoms with Gasteiger partial charge in [-0.05, 0) is 30.2 Å². The monoisotopic (exact) mass is 483 g/mol. The highest BCUT2D eigenvalue weighted by molar-refractivity contribution is 7.89. The van der Waals surface area contributed by atoms with Gasteiger partial charge in [-0.3, -0.25) is 10.0 Å². The lowest BCUT2D eigenvalue weighted by molar-refractivity contribution is -0.0375. The van der Waals surface area contributed by atoms with E-state index in [9.17, 15) is 13.2 Å². The minimum Gasteiger partial charge on any atom is -0.370 e. The second kappa shape index (κ2) is 9.85. The van der Waals surface area contributed by atoms with E-state index in [1.54, 1.807) is 24.3 Å². The molecule has 1 aliphatic heterocycles. The number of nitrogens with zero attached hydrogens (tertiary/aromatic N) is 3.